The Bertz CT molecular complexity index is 375. The van der Waals surface area contributed by atoms with Crippen LogP contribution in [0.1, 0.15) is 12.0 Å². The van der Waals surface area contributed by atoms with E-state index in [4.69, 9.17) is 9.47 Å². The first-order valence-corrected chi connectivity index (χ1v) is 5.54. The SMILES string of the molecule is F[B-](F)(F)c1cccc(COC2CCOC2)c1. The number of hydrogen-bond acceptors (Lipinski definition) is 2. The van der Waals surface area contributed by atoms with Gasteiger partial charge in [-0.25, -0.2) is 0 Å². The normalized spacial score (nSPS) is 20.8. The Morgan fingerprint density at radius 2 is 2.18 bits per heavy atom. The van der Waals surface area contributed by atoms with E-state index in [9.17, 15) is 12.9 Å². The Morgan fingerprint density at radius 3 is 2.82 bits per heavy atom. The molecule has 0 aromatic heterocycles. The van der Waals surface area contributed by atoms with Crippen LogP contribution in [0.25, 0.3) is 0 Å². The summed E-state index contributed by atoms with van der Waals surface area (Å²) in [6, 6.07) is 5.29. The molecule has 0 spiro atoms. The Hall–Kier alpha value is -1.01. The summed E-state index contributed by atoms with van der Waals surface area (Å²) in [4.78, 5) is 0. The van der Waals surface area contributed by atoms with Crippen LogP contribution in [-0.4, -0.2) is 26.3 Å². The molecule has 1 unspecified atom stereocenters. The lowest BCUT2D eigenvalue weighted by Gasteiger charge is -2.16. The molecule has 0 bridgehead atoms. The number of ether oxygens (including phenoxy) is 2. The molecule has 2 rings (SSSR count). The third-order valence-electron chi connectivity index (χ3n) is 2.70. The van der Waals surface area contributed by atoms with E-state index in [0.717, 1.165) is 18.6 Å². The van der Waals surface area contributed by atoms with Crippen LogP contribution in [0.5, 0.6) is 0 Å². The minimum Gasteiger partial charge on any atom is -0.445 e. The molecule has 0 N–H and O–H groups in total. The maximum atomic E-state index is 12.5. The molecule has 2 nitrogen and oxygen atoms in total. The van der Waals surface area contributed by atoms with E-state index in [2.05, 4.69) is 0 Å². The van der Waals surface area contributed by atoms with E-state index >= 15 is 0 Å². The highest BCUT2D eigenvalue weighted by molar-refractivity contribution is 6.73. The van der Waals surface area contributed by atoms with Gasteiger partial charge in [-0.3, -0.25) is 0 Å². The first kappa shape index (κ1) is 12.5. The van der Waals surface area contributed by atoms with Gasteiger partial charge in [-0.15, -0.1) is 5.46 Å². The van der Waals surface area contributed by atoms with Gasteiger partial charge in [0.05, 0.1) is 19.3 Å². The highest BCUT2D eigenvalue weighted by atomic mass is 19.4. The lowest BCUT2D eigenvalue weighted by atomic mass is 9.79. The number of benzene rings is 1. The molecule has 1 fully saturated rings. The van der Waals surface area contributed by atoms with Crippen LogP contribution in [0.2, 0.25) is 0 Å². The average Bonchev–Trinajstić information content (AvgIpc) is 2.78. The largest absolute Gasteiger partial charge is 0.509 e. The molecule has 1 heterocycles. The summed E-state index contributed by atoms with van der Waals surface area (Å²) < 4.78 is 48.1. The van der Waals surface area contributed by atoms with Crippen molar-refractivity contribution in [2.45, 2.75) is 19.1 Å². The second-order valence-electron chi connectivity index (χ2n) is 4.12. The molecule has 94 valence electrons. The zero-order valence-corrected chi connectivity index (χ0v) is 9.24. The standard InChI is InChI=1S/C11H13BF3O2/c13-12(14,15)10-3-1-2-9(6-10)7-17-11-4-5-16-8-11/h1-3,6,11H,4-5,7-8H2/q-1. The smallest absolute Gasteiger partial charge is 0.445 e. The second-order valence-corrected chi connectivity index (χ2v) is 4.12. The van der Waals surface area contributed by atoms with Crippen molar-refractivity contribution in [3.63, 3.8) is 0 Å². The van der Waals surface area contributed by atoms with Crippen molar-refractivity contribution in [3.05, 3.63) is 29.8 Å². The summed E-state index contributed by atoms with van der Waals surface area (Å²) in [6.07, 6.45) is 0.818. The van der Waals surface area contributed by atoms with Crippen LogP contribution in [-0.2, 0) is 16.1 Å². The van der Waals surface area contributed by atoms with Crippen molar-refractivity contribution in [2.75, 3.05) is 13.2 Å². The minimum absolute atomic E-state index is 0.00931. The molecule has 1 aliphatic rings. The van der Waals surface area contributed by atoms with Crippen molar-refractivity contribution >= 4 is 12.4 Å². The topological polar surface area (TPSA) is 18.5 Å². The zero-order chi connectivity index (χ0) is 12.3. The third-order valence-corrected chi connectivity index (χ3v) is 2.70. The van der Waals surface area contributed by atoms with Gasteiger partial charge in [-0.1, -0.05) is 24.3 Å². The Morgan fingerprint density at radius 1 is 1.35 bits per heavy atom. The summed E-state index contributed by atoms with van der Waals surface area (Å²) in [5, 5.41) is 0. The van der Waals surface area contributed by atoms with Crippen LogP contribution in [0, 0.1) is 0 Å². The van der Waals surface area contributed by atoms with Crippen LogP contribution in [0.3, 0.4) is 0 Å². The van der Waals surface area contributed by atoms with Gasteiger partial charge in [0.2, 0.25) is 0 Å². The van der Waals surface area contributed by atoms with Gasteiger partial charge in [0.25, 0.3) is 0 Å². The first-order chi connectivity index (χ1) is 8.05. The van der Waals surface area contributed by atoms with Crippen LogP contribution in [0.15, 0.2) is 24.3 Å². The van der Waals surface area contributed by atoms with E-state index in [1.54, 1.807) is 6.07 Å². The maximum Gasteiger partial charge on any atom is 0.509 e. The molecular weight excluding hydrogens is 232 g/mol. The lowest BCUT2D eigenvalue weighted by molar-refractivity contribution is 0.0318. The monoisotopic (exact) mass is 245 g/mol. The molecular formula is C11H13BF3O2-. The summed E-state index contributed by atoms with van der Waals surface area (Å²) >= 11 is 0. The first-order valence-electron chi connectivity index (χ1n) is 5.54. The fourth-order valence-corrected chi connectivity index (χ4v) is 1.74. The third kappa shape index (κ3) is 3.47. The van der Waals surface area contributed by atoms with E-state index in [-0.39, 0.29) is 12.7 Å². The number of halogens is 3. The van der Waals surface area contributed by atoms with Crippen molar-refractivity contribution in [1.82, 2.24) is 0 Å². The summed E-state index contributed by atoms with van der Waals surface area (Å²) in [5.74, 6) is 0. The Balaban J connectivity index is 1.96. The van der Waals surface area contributed by atoms with Crippen molar-refractivity contribution < 1.29 is 22.4 Å². The quantitative estimate of drug-likeness (QED) is 0.756. The summed E-state index contributed by atoms with van der Waals surface area (Å²) in [7, 11) is 0. The zero-order valence-electron chi connectivity index (χ0n) is 9.24. The molecule has 1 aromatic carbocycles. The van der Waals surface area contributed by atoms with Gasteiger partial charge in [0.15, 0.2) is 0 Å². The van der Waals surface area contributed by atoms with E-state index in [1.165, 1.54) is 6.07 Å². The van der Waals surface area contributed by atoms with E-state index in [0.29, 0.717) is 18.8 Å². The van der Waals surface area contributed by atoms with Crippen molar-refractivity contribution in [3.8, 4) is 0 Å². The minimum atomic E-state index is -4.93. The molecule has 17 heavy (non-hydrogen) atoms. The van der Waals surface area contributed by atoms with Gasteiger partial charge >= 0.3 is 6.98 Å². The molecule has 0 radical (unpaired) electrons. The molecule has 0 saturated carbocycles. The molecule has 0 amide bonds. The predicted molar refractivity (Wildman–Crippen MR) is 59.2 cm³/mol. The van der Waals surface area contributed by atoms with Crippen LogP contribution in [0.4, 0.5) is 12.9 Å². The summed E-state index contributed by atoms with van der Waals surface area (Å²) in [6.45, 7) is -3.54. The van der Waals surface area contributed by atoms with Crippen molar-refractivity contribution in [2.24, 2.45) is 0 Å². The number of rotatable bonds is 4. The molecule has 1 atom stereocenters. The van der Waals surface area contributed by atoms with Gasteiger partial charge < -0.3 is 22.4 Å². The average molecular weight is 245 g/mol. The van der Waals surface area contributed by atoms with E-state index in [1.807, 2.05) is 0 Å². The predicted octanol–water partition coefficient (Wildman–Crippen LogP) is 2.05. The van der Waals surface area contributed by atoms with Gasteiger partial charge in [0, 0.05) is 6.61 Å². The van der Waals surface area contributed by atoms with Crippen LogP contribution >= 0.6 is 0 Å². The second kappa shape index (κ2) is 5.10. The molecule has 1 aromatic rings. The van der Waals surface area contributed by atoms with Gasteiger partial charge in [-0.05, 0) is 12.0 Å². The van der Waals surface area contributed by atoms with Crippen LogP contribution < -0.4 is 5.46 Å². The highest BCUT2D eigenvalue weighted by Gasteiger charge is 2.25. The molecule has 1 saturated heterocycles. The van der Waals surface area contributed by atoms with Crippen molar-refractivity contribution in [1.29, 1.82) is 0 Å². The Labute approximate surface area is 97.8 Å². The maximum absolute atomic E-state index is 12.5. The van der Waals surface area contributed by atoms with Gasteiger partial charge in [0.1, 0.15) is 0 Å². The van der Waals surface area contributed by atoms with Gasteiger partial charge in [-0.2, -0.15) is 0 Å². The summed E-state index contributed by atoms with van der Waals surface area (Å²) in [5.41, 5.74) is -0.0256. The molecule has 6 heteroatoms. The Kier molecular flexibility index (Phi) is 3.74. The highest BCUT2D eigenvalue weighted by Crippen LogP contribution is 2.13. The fraction of sp³-hybridized carbons (Fsp3) is 0.455. The van der Waals surface area contributed by atoms with E-state index < -0.39 is 12.4 Å². The lowest BCUT2D eigenvalue weighted by Crippen LogP contribution is -2.34. The molecule has 1 aliphatic heterocycles. The molecule has 0 aliphatic carbocycles. The fourth-order valence-electron chi connectivity index (χ4n) is 1.74. The number of hydrogen-bond donors (Lipinski definition) is 0.